The predicted octanol–water partition coefficient (Wildman–Crippen LogP) is 2.24. The molecule has 1 saturated heterocycles. The molecule has 2 heterocycles. The van der Waals surface area contributed by atoms with E-state index in [1.807, 2.05) is 6.07 Å². The molecule has 0 saturated carbocycles. The van der Waals surface area contributed by atoms with E-state index in [1.165, 1.54) is 30.9 Å². The number of nitrogens with one attached hydrogen (secondary N) is 1. The summed E-state index contributed by atoms with van der Waals surface area (Å²) in [4.78, 5) is 9.08. The van der Waals surface area contributed by atoms with Crippen LogP contribution >= 0.6 is 0 Å². The summed E-state index contributed by atoms with van der Waals surface area (Å²) in [5.74, 6) is 0.864. The van der Waals surface area contributed by atoms with Crippen molar-refractivity contribution < 1.29 is 8.42 Å². The Morgan fingerprint density at radius 2 is 1.67 bits per heavy atom. The number of pyridine rings is 1. The summed E-state index contributed by atoms with van der Waals surface area (Å²) in [7, 11) is -0.540. The smallest absolute Gasteiger partial charge is 0.301 e. The summed E-state index contributed by atoms with van der Waals surface area (Å²) in [6.45, 7) is 7.94. The lowest BCUT2D eigenvalue weighted by Gasteiger charge is -2.37. The molecular formula is C19H27N5O2S. The summed E-state index contributed by atoms with van der Waals surface area (Å²) in [5.41, 5.74) is 4.41. The van der Waals surface area contributed by atoms with Gasteiger partial charge in [-0.05, 0) is 43.2 Å². The normalized spacial score (nSPS) is 15.3. The monoisotopic (exact) mass is 389 g/mol. The molecule has 1 aromatic carbocycles. The van der Waals surface area contributed by atoms with Gasteiger partial charge in [-0.2, -0.15) is 12.7 Å². The van der Waals surface area contributed by atoms with Crippen molar-refractivity contribution in [3.8, 4) is 0 Å². The Kier molecular flexibility index (Phi) is 5.57. The summed E-state index contributed by atoms with van der Waals surface area (Å²) in [6.07, 6.45) is 1.56. The molecule has 0 amide bonds. The van der Waals surface area contributed by atoms with Crippen LogP contribution in [0.15, 0.2) is 36.5 Å². The van der Waals surface area contributed by atoms with Gasteiger partial charge in [-0.25, -0.2) is 4.98 Å². The van der Waals surface area contributed by atoms with Crippen molar-refractivity contribution >= 4 is 27.4 Å². The first kappa shape index (κ1) is 19.4. The number of piperazine rings is 1. The van der Waals surface area contributed by atoms with Crippen molar-refractivity contribution in [2.45, 2.75) is 13.8 Å². The molecule has 0 radical (unpaired) electrons. The van der Waals surface area contributed by atoms with Crippen molar-refractivity contribution in [3.63, 3.8) is 0 Å². The van der Waals surface area contributed by atoms with Gasteiger partial charge in [-0.3, -0.25) is 4.72 Å². The molecule has 1 aromatic heterocycles. The summed E-state index contributed by atoms with van der Waals surface area (Å²) in [5, 5.41) is 0. The van der Waals surface area contributed by atoms with Gasteiger partial charge < -0.3 is 9.80 Å². The number of hydrogen-bond acceptors (Lipinski definition) is 5. The van der Waals surface area contributed by atoms with E-state index in [-0.39, 0.29) is 0 Å². The van der Waals surface area contributed by atoms with Crippen LogP contribution in [0.5, 0.6) is 0 Å². The summed E-state index contributed by atoms with van der Waals surface area (Å²) < 4.78 is 27.4. The minimum absolute atomic E-state index is 0.460. The van der Waals surface area contributed by atoms with E-state index in [2.05, 4.69) is 51.6 Å². The highest BCUT2D eigenvalue weighted by Gasteiger charge is 2.20. The van der Waals surface area contributed by atoms with Gasteiger partial charge in [0.15, 0.2) is 0 Å². The van der Waals surface area contributed by atoms with Gasteiger partial charge in [0.05, 0.1) is 11.9 Å². The molecule has 1 fully saturated rings. The molecule has 0 bridgehead atoms. The van der Waals surface area contributed by atoms with Crippen LogP contribution in [0, 0.1) is 13.8 Å². The third-order valence-corrected chi connectivity index (χ3v) is 6.45. The molecule has 0 unspecified atom stereocenters. The Labute approximate surface area is 161 Å². The Morgan fingerprint density at radius 3 is 2.26 bits per heavy atom. The molecule has 7 nitrogen and oxygen atoms in total. The molecule has 3 rings (SSSR count). The lowest BCUT2D eigenvalue weighted by molar-refractivity contribution is 0.527. The lowest BCUT2D eigenvalue weighted by atomic mass is 10.1. The van der Waals surface area contributed by atoms with E-state index in [0.29, 0.717) is 5.69 Å². The average molecular weight is 390 g/mol. The highest BCUT2D eigenvalue weighted by Crippen LogP contribution is 2.25. The first-order valence-corrected chi connectivity index (χ1v) is 10.4. The van der Waals surface area contributed by atoms with Crippen LogP contribution in [0.3, 0.4) is 0 Å². The molecule has 2 aromatic rings. The lowest BCUT2D eigenvalue weighted by Crippen LogP contribution is -2.47. The standard InChI is InChI=1S/C19H27N5O2S/c1-15-6-5-7-18(16(15)2)23-10-12-24(13-11-23)19-9-8-17(14-20-19)21-27(25,26)22(3)4/h5-9,14,21H,10-13H2,1-4H3. The van der Waals surface area contributed by atoms with E-state index >= 15 is 0 Å². The van der Waals surface area contributed by atoms with Crippen LogP contribution < -0.4 is 14.5 Å². The van der Waals surface area contributed by atoms with Crippen LogP contribution in [-0.2, 0) is 10.2 Å². The number of aryl methyl sites for hydroxylation is 1. The highest BCUT2D eigenvalue weighted by molar-refractivity contribution is 7.90. The Balaban J connectivity index is 1.64. The minimum Gasteiger partial charge on any atom is -0.368 e. The van der Waals surface area contributed by atoms with Crippen molar-refractivity contribution in [1.29, 1.82) is 0 Å². The predicted molar refractivity (Wildman–Crippen MR) is 111 cm³/mol. The van der Waals surface area contributed by atoms with Gasteiger partial charge in [0.2, 0.25) is 0 Å². The van der Waals surface area contributed by atoms with Crippen LogP contribution in [0.4, 0.5) is 17.2 Å². The van der Waals surface area contributed by atoms with Crippen LogP contribution in [0.25, 0.3) is 0 Å². The van der Waals surface area contributed by atoms with E-state index in [4.69, 9.17) is 0 Å². The first-order chi connectivity index (χ1) is 12.8. The second kappa shape index (κ2) is 7.74. The van der Waals surface area contributed by atoms with Crippen molar-refractivity contribution in [1.82, 2.24) is 9.29 Å². The van der Waals surface area contributed by atoms with Gasteiger partial charge in [0.1, 0.15) is 5.82 Å². The van der Waals surface area contributed by atoms with Gasteiger partial charge >= 0.3 is 10.2 Å². The third kappa shape index (κ3) is 4.33. The second-order valence-corrected chi connectivity index (χ2v) is 8.87. The van der Waals surface area contributed by atoms with Gasteiger partial charge in [0.25, 0.3) is 0 Å². The third-order valence-electron chi connectivity index (χ3n) is 5.00. The van der Waals surface area contributed by atoms with E-state index in [1.54, 1.807) is 12.3 Å². The zero-order valence-electron chi connectivity index (χ0n) is 16.3. The Morgan fingerprint density at radius 1 is 1.00 bits per heavy atom. The topological polar surface area (TPSA) is 68.8 Å². The molecule has 0 atom stereocenters. The van der Waals surface area contributed by atoms with Crippen LogP contribution in [0.1, 0.15) is 11.1 Å². The molecule has 1 N–H and O–H groups in total. The molecule has 27 heavy (non-hydrogen) atoms. The number of aromatic nitrogens is 1. The maximum Gasteiger partial charge on any atom is 0.301 e. The Hall–Kier alpha value is -2.32. The average Bonchev–Trinajstić information content (AvgIpc) is 2.64. The van der Waals surface area contributed by atoms with Crippen molar-refractivity contribution in [3.05, 3.63) is 47.7 Å². The zero-order chi connectivity index (χ0) is 19.6. The fourth-order valence-corrected chi connectivity index (χ4v) is 3.73. The number of benzene rings is 1. The number of nitrogens with zero attached hydrogens (tertiary/aromatic N) is 4. The molecular weight excluding hydrogens is 362 g/mol. The van der Waals surface area contributed by atoms with Gasteiger partial charge in [-0.1, -0.05) is 12.1 Å². The van der Waals surface area contributed by atoms with Crippen LogP contribution in [-0.4, -0.2) is 58.0 Å². The van der Waals surface area contributed by atoms with E-state index in [0.717, 1.165) is 36.3 Å². The molecule has 1 aliphatic rings. The molecule has 0 aliphatic carbocycles. The van der Waals surface area contributed by atoms with Crippen molar-refractivity contribution in [2.24, 2.45) is 0 Å². The number of rotatable bonds is 5. The van der Waals surface area contributed by atoms with Gasteiger partial charge in [-0.15, -0.1) is 0 Å². The van der Waals surface area contributed by atoms with Crippen LogP contribution in [0.2, 0.25) is 0 Å². The second-order valence-electron chi connectivity index (χ2n) is 6.99. The molecule has 1 aliphatic heterocycles. The van der Waals surface area contributed by atoms with Crippen molar-refractivity contribution in [2.75, 3.05) is 54.8 Å². The fourth-order valence-electron chi connectivity index (χ4n) is 3.13. The largest absolute Gasteiger partial charge is 0.368 e. The van der Waals surface area contributed by atoms with Gasteiger partial charge in [0, 0.05) is 46.0 Å². The molecule has 0 spiro atoms. The maximum atomic E-state index is 11.9. The maximum absolute atomic E-state index is 11.9. The number of anilines is 3. The highest BCUT2D eigenvalue weighted by atomic mass is 32.2. The zero-order valence-corrected chi connectivity index (χ0v) is 17.1. The SMILES string of the molecule is Cc1cccc(N2CCN(c3ccc(NS(=O)(=O)N(C)C)cn3)CC2)c1C. The Bertz CT molecular complexity index is 889. The summed E-state index contributed by atoms with van der Waals surface area (Å²) >= 11 is 0. The minimum atomic E-state index is -3.51. The fraction of sp³-hybridized carbons (Fsp3) is 0.421. The quantitative estimate of drug-likeness (QED) is 0.849. The molecule has 146 valence electrons. The summed E-state index contributed by atoms with van der Waals surface area (Å²) in [6, 6.07) is 10.0. The van der Waals surface area contributed by atoms with E-state index in [9.17, 15) is 8.42 Å². The molecule has 8 heteroatoms. The first-order valence-electron chi connectivity index (χ1n) is 9.00. The van der Waals surface area contributed by atoms with E-state index < -0.39 is 10.2 Å². The number of hydrogen-bond donors (Lipinski definition) is 1.